The van der Waals surface area contributed by atoms with E-state index in [1.807, 2.05) is 75.8 Å². The number of esters is 1. The predicted octanol–water partition coefficient (Wildman–Crippen LogP) is 5.57. The second kappa shape index (κ2) is 13.7. The van der Waals surface area contributed by atoms with Crippen molar-refractivity contribution in [3.63, 3.8) is 0 Å². The van der Waals surface area contributed by atoms with Gasteiger partial charge in [0.05, 0.1) is 16.8 Å². The van der Waals surface area contributed by atoms with Gasteiger partial charge in [-0.05, 0) is 86.8 Å². The highest BCUT2D eigenvalue weighted by atomic mass is 79.9. The number of carbonyl (C=O) groups excluding carboxylic acids is 2. The van der Waals surface area contributed by atoms with Crippen molar-refractivity contribution in [2.45, 2.75) is 59.2 Å². The van der Waals surface area contributed by atoms with Crippen molar-refractivity contribution in [1.82, 2.24) is 14.7 Å². The Labute approximate surface area is 233 Å². The fraction of sp³-hybridized carbons (Fsp3) is 0.536. The monoisotopic (exact) mass is 590 g/mol. The van der Waals surface area contributed by atoms with Crippen molar-refractivity contribution in [2.75, 3.05) is 37.7 Å². The first-order valence-electron chi connectivity index (χ1n) is 13.1. The van der Waals surface area contributed by atoms with Crippen LogP contribution in [0.4, 0.5) is 10.5 Å². The maximum absolute atomic E-state index is 12.3. The molecule has 0 bridgehead atoms. The van der Waals surface area contributed by atoms with Crippen LogP contribution >= 0.6 is 15.9 Å². The summed E-state index contributed by atoms with van der Waals surface area (Å²) in [5, 5.41) is 4.58. The molecule has 1 aromatic heterocycles. The van der Waals surface area contributed by atoms with Gasteiger partial charge in [-0.25, -0.2) is 4.79 Å². The van der Waals surface area contributed by atoms with E-state index in [0.29, 0.717) is 32.7 Å². The number of carbonyl (C=O) groups is 2. The normalized spacial score (nSPS) is 14.2. The minimum absolute atomic E-state index is 0.157. The lowest BCUT2D eigenvalue weighted by Gasteiger charge is -2.36. The van der Waals surface area contributed by atoms with Crippen LogP contribution in [-0.2, 0) is 27.9 Å². The molecule has 3 rings (SSSR count). The van der Waals surface area contributed by atoms with Gasteiger partial charge >= 0.3 is 12.1 Å². The van der Waals surface area contributed by atoms with Crippen LogP contribution in [-0.4, -0.2) is 65.1 Å². The molecule has 1 amide bonds. The summed E-state index contributed by atoms with van der Waals surface area (Å²) in [5.41, 5.74) is 2.36. The number of benzene rings is 1. The highest BCUT2D eigenvalue weighted by Crippen LogP contribution is 2.26. The number of unbranched alkanes of at least 4 members (excludes halogenated alkanes) is 1. The van der Waals surface area contributed by atoms with Crippen LogP contribution in [0, 0.1) is 0 Å². The van der Waals surface area contributed by atoms with Crippen LogP contribution in [0.15, 0.2) is 34.8 Å². The number of allylic oxidation sites excluding steroid dienone is 1. The minimum atomic E-state index is -0.486. The Balaban J connectivity index is 1.47. The third-order valence-electron chi connectivity index (χ3n) is 5.94. The summed E-state index contributed by atoms with van der Waals surface area (Å²) in [6, 6.07) is 7.99. The summed E-state index contributed by atoms with van der Waals surface area (Å²) in [6.45, 7) is 11.0. The molecule has 0 saturated carbocycles. The lowest BCUT2D eigenvalue weighted by atomic mass is 10.2. The molecular formula is C28H39BrN4O5. The fourth-order valence-electron chi connectivity index (χ4n) is 4.01. The van der Waals surface area contributed by atoms with E-state index in [9.17, 15) is 9.59 Å². The van der Waals surface area contributed by atoms with Gasteiger partial charge in [-0.3, -0.25) is 9.48 Å². The average molecular weight is 592 g/mol. The Morgan fingerprint density at radius 3 is 2.42 bits per heavy atom. The van der Waals surface area contributed by atoms with Crippen LogP contribution in [0.3, 0.4) is 0 Å². The van der Waals surface area contributed by atoms with Gasteiger partial charge < -0.3 is 24.0 Å². The molecule has 0 atom stereocenters. The molecule has 1 saturated heterocycles. The Bertz CT molecular complexity index is 1100. The molecule has 2 aromatic rings. The first-order chi connectivity index (χ1) is 18.1. The quantitative estimate of drug-likeness (QED) is 0.264. The van der Waals surface area contributed by atoms with Crippen LogP contribution in [0.25, 0.3) is 6.08 Å². The van der Waals surface area contributed by atoms with E-state index < -0.39 is 5.60 Å². The summed E-state index contributed by atoms with van der Waals surface area (Å²) >= 11 is 3.65. The lowest BCUT2D eigenvalue weighted by molar-refractivity contribution is -0.143. The molecular weight excluding hydrogens is 552 g/mol. The molecule has 0 spiro atoms. The molecule has 38 heavy (non-hydrogen) atoms. The number of hydrogen-bond acceptors (Lipinski definition) is 7. The number of aromatic nitrogens is 2. The molecule has 1 aliphatic rings. The molecule has 9 nitrogen and oxygen atoms in total. The van der Waals surface area contributed by atoms with Gasteiger partial charge in [0, 0.05) is 45.3 Å². The zero-order valence-electron chi connectivity index (χ0n) is 23.0. The Morgan fingerprint density at radius 2 is 1.79 bits per heavy atom. The molecule has 0 radical (unpaired) electrons. The van der Waals surface area contributed by atoms with Crippen molar-refractivity contribution in [3.8, 4) is 5.75 Å². The van der Waals surface area contributed by atoms with E-state index in [1.54, 1.807) is 4.90 Å². The number of piperazine rings is 1. The van der Waals surface area contributed by atoms with Crippen molar-refractivity contribution < 1.29 is 23.8 Å². The van der Waals surface area contributed by atoms with Crippen molar-refractivity contribution in [3.05, 3.63) is 46.2 Å². The zero-order chi connectivity index (χ0) is 27.7. The molecule has 0 aliphatic carbocycles. The summed E-state index contributed by atoms with van der Waals surface area (Å²) in [5.74, 6) is 0.602. The molecule has 0 N–H and O–H groups in total. The van der Waals surface area contributed by atoms with E-state index in [0.717, 1.165) is 53.2 Å². The fourth-order valence-corrected chi connectivity index (χ4v) is 4.60. The summed E-state index contributed by atoms with van der Waals surface area (Å²) in [6.07, 6.45) is 5.74. The molecule has 1 aromatic carbocycles. The second-order valence-electron chi connectivity index (χ2n) is 10.1. The van der Waals surface area contributed by atoms with Gasteiger partial charge in [0.25, 0.3) is 0 Å². The largest absolute Gasteiger partial charge is 0.487 e. The number of halogens is 1. The Morgan fingerprint density at radius 1 is 1.11 bits per heavy atom. The van der Waals surface area contributed by atoms with E-state index in [-0.39, 0.29) is 12.1 Å². The summed E-state index contributed by atoms with van der Waals surface area (Å²) in [7, 11) is 1.89. The summed E-state index contributed by atoms with van der Waals surface area (Å²) < 4.78 is 19.1. The highest BCUT2D eigenvalue weighted by Gasteiger charge is 2.26. The molecule has 1 aliphatic heterocycles. The Kier molecular flexibility index (Phi) is 10.6. The van der Waals surface area contributed by atoms with Gasteiger partial charge in [-0.15, -0.1) is 0 Å². The second-order valence-corrected chi connectivity index (χ2v) is 10.9. The maximum atomic E-state index is 12.3. The number of anilines is 1. The van der Waals surface area contributed by atoms with Gasteiger partial charge in [0.1, 0.15) is 23.7 Å². The van der Waals surface area contributed by atoms with E-state index in [2.05, 4.69) is 25.9 Å². The van der Waals surface area contributed by atoms with Gasteiger partial charge in [0.2, 0.25) is 0 Å². The number of ether oxygens (including phenoxy) is 3. The maximum Gasteiger partial charge on any atom is 0.410 e. The highest BCUT2D eigenvalue weighted by molar-refractivity contribution is 9.10. The Hall–Kier alpha value is -3.01. The molecule has 2 heterocycles. The molecule has 1 fully saturated rings. The zero-order valence-corrected chi connectivity index (χ0v) is 24.6. The topological polar surface area (TPSA) is 86.1 Å². The summed E-state index contributed by atoms with van der Waals surface area (Å²) in [4.78, 5) is 27.8. The van der Waals surface area contributed by atoms with Crippen LogP contribution in [0.2, 0.25) is 0 Å². The van der Waals surface area contributed by atoms with Gasteiger partial charge in [-0.1, -0.05) is 6.08 Å². The smallest absolute Gasteiger partial charge is 0.410 e. The SMILES string of the molecule is CCOC(=O)CCC/C=C/c1c(Br)c(COc2ccc(N3CCN(C(=O)OC(C)(C)C)CC3)cc2)nn1C. The van der Waals surface area contributed by atoms with Crippen LogP contribution < -0.4 is 9.64 Å². The predicted molar refractivity (Wildman–Crippen MR) is 151 cm³/mol. The van der Waals surface area contributed by atoms with E-state index >= 15 is 0 Å². The molecule has 10 heteroatoms. The van der Waals surface area contributed by atoms with E-state index in [4.69, 9.17) is 14.2 Å². The standard InChI is InChI=1S/C28H39BrN4O5/c1-6-36-25(34)11-9-7-8-10-24-26(29)23(30-31(24)5)20-37-22-14-12-21(13-15-22)32-16-18-33(19-17-32)27(35)38-28(2,3)4/h8,10,12-15H,6-7,9,11,16-20H2,1-5H3/b10-8+. The van der Waals surface area contributed by atoms with Crippen LogP contribution in [0.5, 0.6) is 5.75 Å². The third-order valence-corrected chi connectivity index (χ3v) is 6.80. The van der Waals surface area contributed by atoms with Gasteiger partial charge in [-0.2, -0.15) is 5.10 Å². The van der Waals surface area contributed by atoms with Crippen molar-refractivity contribution in [2.24, 2.45) is 7.05 Å². The molecule has 208 valence electrons. The van der Waals surface area contributed by atoms with Crippen LogP contribution in [0.1, 0.15) is 58.3 Å². The minimum Gasteiger partial charge on any atom is -0.487 e. The number of nitrogens with zero attached hydrogens (tertiary/aromatic N) is 4. The number of aryl methyl sites for hydroxylation is 1. The number of hydrogen-bond donors (Lipinski definition) is 0. The lowest BCUT2D eigenvalue weighted by Crippen LogP contribution is -2.50. The number of rotatable bonds is 10. The van der Waals surface area contributed by atoms with Crippen molar-refractivity contribution >= 4 is 39.8 Å². The van der Waals surface area contributed by atoms with Crippen molar-refractivity contribution in [1.29, 1.82) is 0 Å². The van der Waals surface area contributed by atoms with Gasteiger partial charge in [0.15, 0.2) is 0 Å². The molecule has 0 unspecified atom stereocenters. The average Bonchev–Trinajstić information content (AvgIpc) is 3.14. The number of amides is 1. The first kappa shape index (κ1) is 29.5. The van der Waals surface area contributed by atoms with E-state index in [1.165, 1.54) is 0 Å². The third kappa shape index (κ3) is 8.79. The first-order valence-corrected chi connectivity index (χ1v) is 13.9.